The summed E-state index contributed by atoms with van der Waals surface area (Å²) in [4.78, 5) is 10.1. The van der Waals surface area contributed by atoms with Gasteiger partial charge in [-0.05, 0) is 6.42 Å². The smallest absolute Gasteiger partial charge is 0.303 e. The molecule has 0 aliphatic rings. The monoisotopic (exact) mass is 220 g/mol. The maximum Gasteiger partial charge on any atom is 0.303 e. The number of nitrogens with zero attached hydrogens (tertiary/aromatic N) is 2. The number of carboxylic acids is 1. The fraction of sp³-hybridized carbons (Fsp3) is 0.714. The molecule has 7 heteroatoms. The van der Waals surface area contributed by atoms with Gasteiger partial charge in [0.25, 0.3) is 0 Å². The van der Waals surface area contributed by atoms with Crippen molar-refractivity contribution < 1.29 is 18.3 Å². The van der Waals surface area contributed by atoms with Gasteiger partial charge < -0.3 is 5.11 Å². The SMILES string of the molecule is CN(CCCC(=O)O)S(=O)(=O)CC#N. The highest BCUT2D eigenvalue weighted by molar-refractivity contribution is 7.89. The molecule has 0 aromatic carbocycles. The maximum atomic E-state index is 11.2. The van der Waals surface area contributed by atoms with Gasteiger partial charge in [0.1, 0.15) is 0 Å². The van der Waals surface area contributed by atoms with E-state index in [0.29, 0.717) is 0 Å². The molecule has 0 aliphatic heterocycles. The molecule has 0 aromatic heterocycles. The van der Waals surface area contributed by atoms with Gasteiger partial charge in [-0.25, -0.2) is 12.7 Å². The Labute approximate surface area is 82.8 Å². The third kappa shape index (κ3) is 4.79. The first-order chi connectivity index (χ1) is 6.40. The molecule has 80 valence electrons. The van der Waals surface area contributed by atoms with Crippen LogP contribution in [0, 0.1) is 11.3 Å². The normalized spacial score (nSPS) is 11.2. The Bertz CT molecular complexity index is 330. The Hall–Kier alpha value is -1.13. The number of rotatable bonds is 6. The van der Waals surface area contributed by atoms with Gasteiger partial charge in [0.15, 0.2) is 5.75 Å². The highest BCUT2D eigenvalue weighted by Crippen LogP contribution is 2.00. The molecule has 0 saturated carbocycles. The van der Waals surface area contributed by atoms with E-state index >= 15 is 0 Å². The van der Waals surface area contributed by atoms with Crippen molar-refractivity contribution in [3.8, 4) is 6.07 Å². The number of nitriles is 1. The van der Waals surface area contributed by atoms with Crippen molar-refractivity contribution >= 4 is 16.0 Å². The van der Waals surface area contributed by atoms with Crippen LogP contribution >= 0.6 is 0 Å². The van der Waals surface area contributed by atoms with Crippen LogP contribution in [-0.2, 0) is 14.8 Å². The zero-order valence-electron chi connectivity index (χ0n) is 7.80. The summed E-state index contributed by atoms with van der Waals surface area (Å²) in [5, 5.41) is 16.5. The van der Waals surface area contributed by atoms with E-state index in [1.807, 2.05) is 0 Å². The van der Waals surface area contributed by atoms with Crippen molar-refractivity contribution in [1.82, 2.24) is 4.31 Å². The lowest BCUT2D eigenvalue weighted by Crippen LogP contribution is -2.30. The lowest BCUT2D eigenvalue weighted by molar-refractivity contribution is -0.137. The van der Waals surface area contributed by atoms with Crippen LogP contribution in [-0.4, -0.2) is 43.1 Å². The van der Waals surface area contributed by atoms with Crippen molar-refractivity contribution in [2.45, 2.75) is 12.8 Å². The van der Waals surface area contributed by atoms with E-state index in [1.54, 1.807) is 6.07 Å². The summed E-state index contributed by atoms with van der Waals surface area (Å²) in [6, 6.07) is 1.54. The minimum Gasteiger partial charge on any atom is -0.481 e. The molecule has 0 amide bonds. The summed E-state index contributed by atoms with van der Waals surface area (Å²) in [7, 11) is -2.20. The molecular weight excluding hydrogens is 208 g/mol. The topological polar surface area (TPSA) is 98.5 Å². The lowest BCUT2D eigenvalue weighted by Gasteiger charge is -2.13. The largest absolute Gasteiger partial charge is 0.481 e. The fourth-order valence-corrected chi connectivity index (χ4v) is 1.57. The average Bonchev–Trinajstić information content (AvgIpc) is 2.03. The van der Waals surface area contributed by atoms with Crippen LogP contribution in [0.3, 0.4) is 0 Å². The van der Waals surface area contributed by atoms with E-state index in [4.69, 9.17) is 10.4 Å². The molecule has 0 rings (SSSR count). The Morgan fingerprint density at radius 2 is 2.14 bits per heavy atom. The Balaban J connectivity index is 4.03. The molecule has 0 aliphatic carbocycles. The van der Waals surface area contributed by atoms with Gasteiger partial charge in [0, 0.05) is 20.0 Å². The highest BCUT2D eigenvalue weighted by atomic mass is 32.2. The van der Waals surface area contributed by atoms with Crippen LogP contribution in [0.1, 0.15) is 12.8 Å². The first-order valence-corrected chi connectivity index (χ1v) is 5.54. The summed E-state index contributed by atoms with van der Waals surface area (Å²) < 4.78 is 23.3. The molecule has 0 spiro atoms. The molecule has 1 N–H and O–H groups in total. The first-order valence-electron chi connectivity index (χ1n) is 3.93. The lowest BCUT2D eigenvalue weighted by atomic mass is 10.3. The molecule has 0 fully saturated rings. The number of carbonyl (C=O) groups is 1. The quantitative estimate of drug-likeness (QED) is 0.658. The fourth-order valence-electron chi connectivity index (χ4n) is 0.784. The van der Waals surface area contributed by atoms with Crippen LogP contribution in [0.25, 0.3) is 0 Å². The van der Waals surface area contributed by atoms with E-state index in [2.05, 4.69) is 0 Å². The van der Waals surface area contributed by atoms with Gasteiger partial charge in [-0.1, -0.05) is 0 Å². The molecule has 14 heavy (non-hydrogen) atoms. The van der Waals surface area contributed by atoms with Gasteiger partial charge in [-0.2, -0.15) is 5.26 Å². The molecule has 0 atom stereocenters. The van der Waals surface area contributed by atoms with Crippen molar-refractivity contribution in [2.75, 3.05) is 19.3 Å². The molecule has 0 unspecified atom stereocenters. The molecule has 0 heterocycles. The summed E-state index contributed by atoms with van der Waals surface area (Å²) in [5.41, 5.74) is 0. The Kier molecular flexibility index (Phi) is 5.12. The molecular formula is C7H12N2O4S. The van der Waals surface area contributed by atoms with Gasteiger partial charge in [-0.3, -0.25) is 4.79 Å². The van der Waals surface area contributed by atoms with Gasteiger partial charge in [0.2, 0.25) is 10.0 Å². The maximum absolute atomic E-state index is 11.2. The number of sulfonamides is 1. The molecule has 0 radical (unpaired) electrons. The van der Waals surface area contributed by atoms with Crippen LogP contribution in [0.5, 0.6) is 0 Å². The van der Waals surface area contributed by atoms with Crippen LogP contribution in [0.4, 0.5) is 0 Å². The molecule has 0 saturated heterocycles. The standard InChI is InChI=1S/C7H12N2O4S/c1-9(5-2-3-7(10)11)14(12,13)6-4-8/h2-3,5-6H2,1H3,(H,10,11). The Morgan fingerprint density at radius 3 is 2.57 bits per heavy atom. The zero-order valence-corrected chi connectivity index (χ0v) is 8.62. The number of hydrogen-bond donors (Lipinski definition) is 1. The summed E-state index contributed by atoms with van der Waals surface area (Å²) in [5.74, 6) is -1.53. The second-order valence-corrected chi connectivity index (χ2v) is 4.81. The van der Waals surface area contributed by atoms with E-state index in [-0.39, 0.29) is 19.4 Å². The second kappa shape index (κ2) is 5.57. The van der Waals surface area contributed by atoms with E-state index < -0.39 is 21.7 Å². The van der Waals surface area contributed by atoms with E-state index in [0.717, 1.165) is 4.31 Å². The van der Waals surface area contributed by atoms with Crippen LogP contribution in [0.15, 0.2) is 0 Å². The van der Waals surface area contributed by atoms with E-state index in [1.165, 1.54) is 7.05 Å². The minimum atomic E-state index is -3.53. The van der Waals surface area contributed by atoms with Crippen LogP contribution in [0.2, 0.25) is 0 Å². The van der Waals surface area contributed by atoms with Gasteiger partial charge >= 0.3 is 5.97 Å². The molecule has 0 bridgehead atoms. The third-order valence-corrected chi connectivity index (χ3v) is 3.21. The number of aliphatic carboxylic acids is 1. The van der Waals surface area contributed by atoms with Gasteiger partial charge in [-0.15, -0.1) is 0 Å². The minimum absolute atomic E-state index is 0.0770. The van der Waals surface area contributed by atoms with Crippen molar-refractivity contribution in [1.29, 1.82) is 5.26 Å². The Morgan fingerprint density at radius 1 is 1.57 bits per heavy atom. The van der Waals surface area contributed by atoms with Crippen molar-refractivity contribution in [3.05, 3.63) is 0 Å². The van der Waals surface area contributed by atoms with Crippen molar-refractivity contribution in [2.24, 2.45) is 0 Å². The zero-order chi connectivity index (χ0) is 11.2. The summed E-state index contributed by atoms with van der Waals surface area (Å²) in [6.45, 7) is 0.121. The van der Waals surface area contributed by atoms with Gasteiger partial charge in [0.05, 0.1) is 6.07 Å². The molecule has 0 aromatic rings. The van der Waals surface area contributed by atoms with Crippen LogP contribution < -0.4 is 0 Å². The summed E-state index contributed by atoms with van der Waals surface area (Å²) >= 11 is 0. The number of hydrogen-bond acceptors (Lipinski definition) is 4. The van der Waals surface area contributed by atoms with Crippen molar-refractivity contribution in [3.63, 3.8) is 0 Å². The van der Waals surface area contributed by atoms with E-state index in [9.17, 15) is 13.2 Å². The number of carboxylic acid groups (broad SMARTS) is 1. The average molecular weight is 220 g/mol. The second-order valence-electron chi connectivity index (χ2n) is 2.73. The summed E-state index contributed by atoms with van der Waals surface area (Å²) in [6.07, 6.45) is 0.170. The molecule has 6 nitrogen and oxygen atoms in total. The predicted molar refractivity (Wildman–Crippen MR) is 48.9 cm³/mol. The predicted octanol–water partition coefficient (Wildman–Crippen LogP) is -0.364. The third-order valence-electron chi connectivity index (χ3n) is 1.59. The first kappa shape index (κ1) is 12.9. The highest BCUT2D eigenvalue weighted by Gasteiger charge is 2.16.